The SMILES string of the molecule is CCC(C)C(N)C1=NC(C(=O)NC(CC(C)C)C(=O)NC(CCC(=O)O)C(=O)NC(C(=O)NC(CCCCNC=O)C(=O)NC(CCCN)C(=O)NC(C(=O)NC(Cc2ccccc2)C(=O)NC(Cc2cnc[nH]2)C(=O)NC(CC(=O)O)C(=O)NCCC(N)=O)C(C)CC)C(C)CC)CS1. The first kappa shape index (κ1) is 85.2. The summed E-state index contributed by atoms with van der Waals surface area (Å²) in [6.07, 6.45) is 2.51. The Kier molecular flexibility index (Phi) is 38.2. The van der Waals surface area contributed by atoms with Crippen LogP contribution in [0.15, 0.2) is 47.8 Å². The minimum atomic E-state index is -1.69. The van der Waals surface area contributed by atoms with Gasteiger partial charge in [0.1, 0.15) is 60.4 Å². The van der Waals surface area contributed by atoms with E-state index in [9.17, 15) is 77.3 Å². The van der Waals surface area contributed by atoms with Gasteiger partial charge in [-0.3, -0.25) is 72.1 Å². The Morgan fingerprint density at radius 3 is 1.62 bits per heavy atom. The largest absolute Gasteiger partial charge is 0.481 e. The van der Waals surface area contributed by atoms with Gasteiger partial charge in [-0.05, 0) is 80.7 Å². The summed E-state index contributed by atoms with van der Waals surface area (Å²) < 4.78 is 0. The van der Waals surface area contributed by atoms with E-state index in [0.29, 0.717) is 34.9 Å². The van der Waals surface area contributed by atoms with Crippen molar-refractivity contribution in [2.45, 2.75) is 218 Å². The van der Waals surface area contributed by atoms with E-state index < -0.39 is 168 Å². The Balaban J connectivity index is 1.97. The fourth-order valence-corrected chi connectivity index (χ4v) is 11.6. The Labute approximate surface area is 587 Å². The third-order valence-corrected chi connectivity index (χ3v) is 18.2. The molecule has 0 radical (unpaired) electrons. The number of benzene rings is 1. The average molecular weight is 1420 g/mol. The van der Waals surface area contributed by atoms with Gasteiger partial charge in [0.25, 0.3) is 0 Å². The van der Waals surface area contributed by atoms with Crippen LogP contribution in [0.3, 0.4) is 0 Å². The third-order valence-electron chi connectivity index (χ3n) is 17.0. The molecule has 0 aliphatic carbocycles. The Morgan fingerprint density at radius 1 is 0.590 bits per heavy atom. The molecule has 33 nitrogen and oxygen atoms in total. The summed E-state index contributed by atoms with van der Waals surface area (Å²) in [6.45, 7) is 14.4. The van der Waals surface area contributed by atoms with Gasteiger partial charge >= 0.3 is 11.9 Å². The van der Waals surface area contributed by atoms with Crippen LogP contribution in [0, 0.1) is 23.7 Å². The minimum Gasteiger partial charge on any atom is -0.481 e. The monoisotopic (exact) mass is 1420 g/mol. The second-order valence-electron chi connectivity index (χ2n) is 25.5. The van der Waals surface area contributed by atoms with Gasteiger partial charge in [0.2, 0.25) is 71.4 Å². The first-order valence-electron chi connectivity index (χ1n) is 34.0. The van der Waals surface area contributed by atoms with Gasteiger partial charge in [-0.2, -0.15) is 0 Å². The number of carbonyl (C=O) groups excluding carboxylic acids is 12. The topological polar surface area (TPSA) is 531 Å². The molecule has 14 unspecified atom stereocenters. The second kappa shape index (κ2) is 44.9. The lowest BCUT2D eigenvalue weighted by molar-refractivity contribution is -0.141. The summed E-state index contributed by atoms with van der Waals surface area (Å²) in [5, 5.41) is 48.9. The predicted octanol–water partition coefficient (Wildman–Crippen LogP) is -1.43. The normalized spacial score (nSPS) is 16.6. The van der Waals surface area contributed by atoms with E-state index in [0.717, 1.165) is 6.42 Å². The number of nitrogens with two attached hydrogens (primary N) is 3. The highest BCUT2D eigenvalue weighted by Crippen LogP contribution is 2.25. The van der Waals surface area contributed by atoms with Gasteiger partial charge < -0.3 is 90.9 Å². The van der Waals surface area contributed by atoms with Crippen molar-refractivity contribution in [1.29, 1.82) is 0 Å². The van der Waals surface area contributed by atoms with Crippen molar-refractivity contribution in [2.24, 2.45) is 45.9 Å². The van der Waals surface area contributed by atoms with Crippen LogP contribution in [-0.4, -0.2) is 200 Å². The molecule has 34 heteroatoms. The zero-order valence-electron chi connectivity index (χ0n) is 58.4. The van der Waals surface area contributed by atoms with Crippen LogP contribution in [0.1, 0.15) is 150 Å². The molecule has 2 aromatic rings. The van der Waals surface area contributed by atoms with Crippen LogP contribution in [0.2, 0.25) is 0 Å². The van der Waals surface area contributed by atoms with Crippen LogP contribution in [0.5, 0.6) is 0 Å². The van der Waals surface area contributed by atoms with E-state index in [1.54, 1.807) is 58.0 Å². The Bertz CT molecular complexity index is 3070. The fourth-order valence-electron chi connectivity index (χ4n) is 10.4. The number of aromatic nitrogens is 2. The van der Waals surface area contributed by atoms with Gasteiger partial charge in [-0.25, -0.2) is 4.98 Å². The predicted molar refractivity (Wildman–Crippen MR) is 371 cm³/mol. The molecular weight excluding hydrogens is 1320 g/mol. The molecule has 20 N–H and O–H groups in total. The lowest BCUT2D eigenvalue weighted by Gasteiger charge is -2.30. The second-order valence-corrected chi connectivity index (χ2v) is 26.6. The van der Waals surface area contributed by atoms with Crippen molar-refractivity contribution in [1.82, 2.24) is 68.5 Å². The molecule has 1 aromatic heterocycles. The molecule has 0 bridgehead atoms. The maximum Gasteiger partial charge on any atom is 0.305 e. The minimum absolute atomic E-state index is 0.0415. The third kappa shape index (κ3) is 30.2. The number of aliphatic carboxylic acids is 2. The number of aliphatic imine (C=N–C) groups is 1. The van der Waals surface area contributed by atoms with Crippen LogP contribution >= 0.6 is 11.8 Å². The number of carboxylic acid groups (broad SMARTS) is 2. The summed E-state index contributed by atoms with van der Waals surface area (Å²) in [6, 6.07) is -5.89. The number of nitrogens with one attached hydrogen (secondary N) is 12. The fraction of sp³-hybridized carbons (Fsp3) is 0.636. The Hall–Kier alpha value is -9.05. The number of nitrogens with zero attached hydrogens (tertiary/aromatic N) is 2. The number of H-pyrrole nitrogens is 1. The van der Waals surface area contributed by atoms with Crippen molar-refractivity contribution >= 4 is 100 Å². The van der Waals surface area contributed by atoms with Crippen molar-refractivity contribution < 1.29 is 77.3 Å². The number of thioether (sulfide) groups is 1. The van der Waals surface area contributed by atoms with E-state index in [-0.39, 0.29) is 102 Å². The van der Waals surface area contributed by atoms with Gasteiger partial charge in [0, 0.05) is 56.4 Å². The van der Waals surface area contributed by atoms with Crippen molar-refractivity contribution in [3.05, 3.63) is 54.1 Å². The van der Waals surface area contributed by atoms with Gasteiger partial charge in [0.15, 0.2) is 0 Å². The lowest BCUT2D eigenvalue weighted by Crippen LogP contribution is -2.62. The average Bonchev–Trinajstić information content (AvgIpc) is 1.17. The zero-order valence-corrected chi connectivity index (χ0v) is 59.2. The highest BCUT2D eigenvalue weighted by Gasteiger charge is 2.39. The van der Waals surface area contributed by atoms with E-state index in [4.69, 9.17) is 17.2 Å². The van der Waals surface area contributed by atoms with Crippen molar-refractivity contribution in [3.8, 4) is 0 Å². The molecule has 0 saturated carbocycles. The first-order chi connectivity index (χ1) is 47.5. The molecule has 1 aliphatic rings. The number of carbonyl (C=O) groups is 14. The summed E-state index contributed by atoms with van der Waals surface area (Å²) >= 11 is 1.36. The molecular formula is C66H105N17O16S. The quantitative estimate of drug-likeness (QED) is 0.0267. The smallest absolute Gasteiger partial charge is 0.305 e. The Morgan fingerprint density at radius 2 is 1.10 bits per heavy atom. The first-order valence-corrected chi connectivity index (χ1v) is 35.0. The maximum absolute atomic E-state index is 14.8. The summed E-state index contributed by atoms with van der Waals surface area (Å²) in [7, 11) is 0. The molecule has 0 saturated heterocycles. The highest BCUT2D eigenvalue weighted by atomic mass is 32.2. The summed E-state index contributed by atoms with van der Waals surface area (Å²) in [4.78, 5) is 201. The number of hydrogen-bond donors (Lipinski definition) is 17. The number of primary amides is 1. The van der Waals surface area contributed by atoms with Gasteiger partial charge in [-0.1, -0.05) is 105 Å². The number of hydrogen-bond acceptors (Lipinski definition) is 19. The van der Waals surface area contributed by atoms with Gasteiger partial charge in [-0.15, -0.1) is 11.8 Å². The molecule has 556 valence electrons. The standard InChI is InChI=1S/C66H105N17O16S/c1-9-37(6)53(69)66-81-49(33-100-66)63(97)77-45(28-36(4)5)60(94)75-44(22-23-51(86)87)59(93)83-54(38(7)10-2)64(98)76-42(20-15-16-26-70-35-84)57(91)74-43(21-17-25-67)58(92)82-55(39(8)11-3)65(99)80-46(29-40-18-13-12-14-19-40)61(95)78-47(30-41-32-71-34-73-41)62(96)79-48(31-52(88)89)56(90)72-27-24-50(68)85/h12-14,18-19,32,34-39,42-49,53-55H,9-11,15-17,20-31,33,67,69H2,1-8H3,(H2,68,85)(H,70,84)(H,71,73)(H,72,90)(H,74,91)(H,75,94)(H,76,98)(H,77,97)(H,78,95)(H,79,96)(H,80,99)(H,82,92)(H,83,93)(H,86,87)(H,88,89). The molecule has 12 amide bonds. The van der Waals surface area contributed by atoms with Crippen LogP contribution in [-0.2, 0) is 80.0 Å². The van der Waals surface area contributed by atoms with Gasteiger partial charge in [0.05, 0.1) is 23.8 Å². The molecule has 3 rings (SSSR count). The summed E-state index contributed by atoms with van der Waals surface area (Å²) in [5.74, 6) is -13.2. The number of unbranched alkanes of at least 4 members (excludes halogenated alkanes) is 1. The zero-order chi connectivity index (χ0) is 74.6. The number of carboxylic acids is 2. The molecule has 1 aromatic carbocycles. The number of amides is 12. The van der Waals surface area contributed by atoms with Crippen LogP contribution in [0.25, 0.3) is 0 Å². The summed E-state index contributed by atoms with van der Waals surface area (Å²) in [5.41, 5.74) is 18.4. The molecule has 1 aliphatic heterocycles. The molecule has 0 spiro atoms. The molecule has 0 fully saturated rings. The number of aromatic amines is 1. The van der Waals surface area contributed by atoms with Crippen LogP contribution < -0.4 is 75.7 Å². The van der Waals surface area contributed by atoms with Crippen molar-refractivity contribution in [3.63, 3.8) is 0 Å². The maximum atomic E-state index is 14.8. The molecule has 100 heavy (non-hydrogen) atoms. The number of rotatable bonds is 49. The highest BCUT2D eigenvalue weighted by molar-refractivity contribution is 8.14. The molecule has 2 heterocycles. The lowest BCUT2D eigenvalue weighted by atomic mass is 9.96. The number of imidazole rings is 1. The van der Waals surface area contributed by atoms with E-state index in [1.165, 1.54) is 24.3 Å². The van der Waals surface area contributed by atoms with Crippen molar-refractivity contribution in [2.75, 3.05) is 25.4 Å². The molecule has 14 atom stereocenters. The van der Waals surface area contributed by atoms with E-state index in [1.807, 2.05) is 27.7 Å². The van der Waals surface area contributed by atoms with E-state index >= 15 is 0 Å². The van der Waals surface area contributed by atoms with E-state index in [2.05, 4.69) is 73.4 Å². The van der Waals surface area contributed by atoms with Crippen LogP contribution in [0.4, 0.5) is 0 Å².